The quantitative estimate of drug-likeness (QED) is 0.537. The minimum atomic E-state index is -1.11. The number of carbonyl (C=O) groups is 1. The van der Waals surface area contributed by atoms with Crippen LogP contribution in [0.1, 0.15) is 27.7 Å². The molecule has 0 saturated carbocycles. The first-order valence-electron chi connectivity index (χ1n) is 7.80. The Labute approximate surface area is 139 Å². The molecule has 7 heteroatoms. The zero-order chi connectivity index (χ0) is 17.6. The van der Waals surface area contributed by atoms with E-state index in [1.807, 2.05) is 32.6 Å². The van der Waals surface area contributed by atoms with Crippen molar-refractivity contribution >= 4 is 13.1 Å². The average molecular weight is 325 g/mol. The van der Waals surface area contributed by atoms with E-state index < -0.39 is 18.7 Å². The average Bonchev–Trinajstić information content (AvgIpc) is 2.51. The van der Waals surface area contributed by atoms with Crippen LogP contribution in [0.2, 0.25) is 0 Å². The maximum atomic E-state index is 11.8. The summed E-state index contributed by atoms with van der Waals surface area (Å²) in [4.78, 5) is 13.8. The third-order valence-corrected chi connectivity index (χ3v) is 4.17. The van der Waals surface area contributed by atoms with Gasteiger partial charge >= 0.3 is 13.1 Å². The van der Waals surface area contributed by atoms with Crippen LogP contribution in [0.25, 0.3) is 0 Å². The highest BCUT2D eigenvalue weighted by atomic mass is 16.5. The highest BCUT2D eigenvalue weighted by Crippen LogP contribution is 2.24. The number of ether oxygens (including phenoxy) is 2. The second-order valence-electron chi connectivity index (χ2n) is 6.48. The molecule has 0 bridgehead atoms. The second-order valence-corrected chi connectivity index (χ2v) is 6.48. The van der Waals surface area contributed by atoms with Crippen molar-refractivity contribution in [2.75, 3.05) is 33.9 Å². The molecule has 0 fully saturated rings. The Bertz CT molecular complexity index is 473. The van der Waals surface area contributed by atoms with E-state index in [0.29, 0.717) is 30.7 Å². The molecule has 0 aromatic heterocycles. The molecule has 0 spiro atoms. The van der Waals surface area contributed by atoms with Gasteiger partial charge in [-0.05, 0) is 37.5 Å². The summed E-state index contributed by atoms with van der Waals surface area (Å²) >= 11 is 0. The molecule has 23 heavy (non-hydrogen) atoms. The summed E-state index contributed by atoms with van der Waals surface area (Å²) in [6.07, 6.45) is 3.43. The Morgan fingerprint density at radius 3 is 2.61 bits per heavy atom. The highest BCUT2D eigenvalue weighted by Gasteiger charge is 2.33. The number of rotatable bonds is 8. The molecule has 0 amide bonds. The van der Waals surface area contributed by atoms with Gasteiger partial charge < -0.3 is 24.1 Å². The van der Waals surface area contributed by atoms with E-state index in [2.05, 4.69) is 0 Å². The lowest BCUT2D eigenvalue weighted by atomic mass is 9.75. The minimum Gasteiger partial charge on any atom is -0.466 e. The van der Waals surface area contributed by atoms with Crippen LogP contribution in [0.5, 0.6) is 0 Å². The first-order valence-corrected chi connectivity index (χ1v) is 7.80. The Morgan fingerprint density at radius 2 is 2.09 bits per heavy atom. The second kappa shape index (κ2) is 8.52. The maximum absolute atomic E-state index is 11.8. The Hall–Kier alpha value is -1.31. The lowest BCUT2D eigenvalue weighted by molar-refractivity contribution is -0.136. The summed E-state index contributed by atoms with van der Waals surface area (Å²) in [7, 11) is 1.85. The van der Waals surface area contributed by atoms with E-state index in [-0.39, 0.29) is 5.92 Å². The summed E-state index contributed by atoms with van der Waals surface area (Å²) in [6, 6.07) is 0. The van der Waals surface area contributed by atoms with E-state index in [9.17, 15) is 9.82 Å². The van der Waals surface area contributed by atoms with Gasteiger partial charge in [0.2, 0.25) is 0 Å². The van der Waals surface area contributed by atoms with Crippen LogP contribution < -0.4 is 0 Å². The highest BCUT2D eigenvalue weighted by molar-refractivity contribution is 6.53. The van der Waals surface area contributed by atoms with Gasteiger partial charge in [-0.25, -0.2) is 4.79 Å². The Balaban J connectivity index is 2.95. The number of methoxy groups -OCH3 is 2. The van der Waals surface area contributed by atoms with Crippen molar-refractivity contribution in [3.8, 4) is 0 Å². The van der Waals surface area contributed by atoms with Crippen molar-refractivity contribution in [1.29, 1.82) is 0 Å². The zero-order valence-electron chi connectivity index (χ0n) is 15.0. The minimum absolute atomic E-state index is 0.231. The summed E-state index contributed by atoms with van der Waals surface area (Å²) in [5.74, 6) is -0.177. The van der Waals surface area contributed by atoms with Crippen LogP contribution in [0, 0.1) is 5.92 Å². The van der Waals surface area contributed by atoms with Gasteiger partial charge in [-0.15, -0.1) is 0 Å². The Morgan fingerprint density at radius 1 is 1.43 bits per heavy atom. The van der Waals surface area contributed by atoms with Crippen LogP contribution in [0.4, 0.5) is 0 Å². The Kier molecular flexibility index (Phi) is 7.31. The first kappa shape index (κ1) is 19.7. The molecule has 1 aliphatic heterocycles. The van der Waals surface area contributed by atoms with Crippen LogP contribution in [0.3, 0.4) is 0 Å². The number of esters is 1. The van der Waals surface area contributed by atoms with Crippen molar-refractivity contribution in [3.05, 3.63) is 23.3 Å². The number of allylic oxidation sites excluding steroid dienone is 2. The zero-order valence-corrected chi connectivity index (χ0v) is 15.0. The lowest BCUT2D eigenvalue weighted by Crippen LogP contribution is -2.40. The predicted molar refractivity (Wildman–Crippen MR) is 89.6 cm³/mol. The van der Waals surface area contributed by atoms with Crippen molar-refractivity contribution in [3.63, 3.8) is 0 Å². The first-order chi connectivity index (χ1) is 10.7. The third kappa shape index (κ3) is 5.68. The fourth-order valence-corrected chi connectivity index (χ4v) is 1.99. The summed E-state index contributed by atoms with van der Waals surface area (Å²) in [5.41, 5.74) is 0.515. The van der Waals surface area contributed by atoms with Crippen molar-refractivity contribution in [2.45, 2.75) is 33.3 Å². The molecule has 0 saturated heterocycles. The maximum Gasteiger partial charge on any atom is 0.493 e. The normalized spacial score (nSPS) is 15.4. The fraction of sp³-hybridized carbons (Fsp3) is 0.688. The molecule has 1 rings (SSSR count). The standard InChI is InChI=1S/C16H28BNO5/c1-12(2)16(3,4)23-17(20)14-9-13(15(19)22-6)10-18(11-14)7-8-21-5/h9,11-12,20H,7-8,10H2,1-6H3. The van der Waals surface area contributed by atoms with Gasteiger partial charge in [-0.2, -0.15) is 0 Å². The SMILES string of the molecule is COCCN1C=C(B(O)OC(C)(C)C(C)C)C=C(C(=O)OC)C1. The van der Waals surface area contributed by atoms with Gasteiger partial charge in [-0.1, -0.05) is 13.8 Å². The molecule has 0 aromatic carbocycles. The summed E-state index contributed by atoms with van der Waals surface area (Å²) in [6.45, 7) is 9.46. The largest absolute Gasteiger partial charge is 0.493 e. The molecule has 1 N–H and O–H groups in total. The third-order valence-electron chi connectivity index (χ3n) is 4.17. The molecule has 0 aromatic rings. The van der Waals surface area contributed by atoms with Crippen molar-refractivity contribution in [1.82, 2.24) is 4.90 Å². The molecule has 1 aliphatic rings. The molecule has 1 heterocycles. The number of hydrogen-bond acceptors (Lipinski definition) is 6. The fourth-order valence-electron chi connectivity index (χ4n) is 1.99. The van der Waals surface area contributed by atoms with Gasteiger partial charge in [0.05, 0.1) is 24.9 Å². The van der Waals surface area contributed by atoms with Gasteiger partial charge in [0, 0.05) is 20.2 Å². The van der Waals surface area contributed by atoms with Crippen LogP contribution >= 0.6 is 0 Å². The van der Waals surface area contributed by atoms with E-state index >= 15 is 0 Å². The lowest BCUT2D eigenvalue weighted by Gasteiger charge is -2.33. The van der Waals surface area contributed by atoms with Crippen molar-refractivity contribution in [2.24, 2.45) is 5.92 Å². The van der Waals surface area contributed by atoms with Gasteiger partial charge in [0.1, 0.15) is 0 Å². The van der Waals surface area contributed by atoms with Gasteiger partial charge in [0.15, 0.2) is 0 Å². The molecular formula is C16H28BNO5. The molecule has 0 unspecified atom stereocenters. The van der Waals surface area contributed by atoms with Gasteiger partial charge in [-0.3, -0.25) is 0 Å². The van der Waals surface area contributed by atoms with E-state index in [1.54, 1.807) is 19.4 Å². The van der Waals surface area contributed by atoms with E-state index in [0.717, 1.165) is 0 Å². The molecule has 6 nitrogen and oxygen atoms in total. The van der Waals surface area contributed by atoms with Crippen LogP contribution in [-0.2, 0) is 18.9 Å². The topological polar surface area (TPSA) is 68.2 Å². The van der Waals surface area contributed by atoms with E-state index in [4.69, 9.17) is 14.1 Å². The van der Waals surface area contributed by atoms with E-state index in [1.165, 1.54) is 7.11 Å². The van der Waals surface area contributed by atoms with Crippen molar-refractivity contribution < 1.29 is 23.9 Å². The molecule has 0 aliphatic carbocycles. The number of carbonyl (C=O) groups excluding carboxylic acids is 1. The monoisotopic (exact) mass is 325 g/mol. The summed E-state index contributed by atoms with van der Waals surface area (Å²) < 4.78 is 15.7. The smallest absolute Gasteiger partial charge is 0.466 e. The molecule has 0 radical (unpaired) electrons. The molecule has 130 valence electrons. The summed E-state index contributed by atoms with van der Waals surface area (Å²) in [5, 5.41) is 10.4. The van der Waals surface area contributed by atoms with Gasteiger partial charge in [0.25, 0.3) is 0 Å². The number of hydrogen-bond donors (Lipinski definition) is 1. The predicted octanol–water partition coefficient (Wildman–Crippen LogP) is 1.40. The van der Waals surface area contributed by atoms with Crippen LogP contribution in [0.15, 0.2) is 23.3 Å². The van der Waals surface area contributed by atoms with Crippen LogP contribution in [-0.4, -0.2) is 62.5 Å². The molecular weight excluding hydrogens is 297 g/mol. The molecule has 0 atom stereocenters. The number of nitrogens with zero attached hydrogens (tertiary/aromatic N) is 1.